The maximum atomic E-state index is 14.5. The van der Waals surface area contributed by atoms with Crippen LogP contribution < -0.4 is 0 Å². The summed E-state index contributed by atoms with van der Waals surface area (Å²) >= 11 is 1.80. The van der Waals surface area contributed by atoms with Gasteiger partial charge in [-0.2, -0.15) is 35.1 Å². The fourth-order valence-corrected chi connectivity index (χ4v) is 3.06. The van der Waals surface area contributed by atoms with Crippen molar-refractivity contribution in [2.24, 2.45) is 0 Å². The zero-order chi connectivity index (χ0) is 19.7. The van der Waals surface area contributed by atoms with Crippen molar-refractivity contribution < 1.29 is 44.6 Å². The number of halogens is 10. The van der Waals surface area contributed by atoms with Crippen LogP contribution in [0, 0.1) is 3.57 Å². The molecule has 2 rings (SSSR count). The molecule has 142 valence electrons. The molecule has 0 aromatic heterocycles. The quantitative estimate of drug-likeness (QED) is 0.458. The number of aliphatic hydroxyl groups is 1. The number of hydrogen-bond donors (Lipinski definition) is 1. The number of rotatable bonds is 3. The van der Waals surface area contributed by atoms with Gasteiger partial charge in [0.15, 0.2) is 0 Å². The SMILES string of the molecule is CC(O)(CC1(F)C(F)(F)C(F)(F)C(F)(F)C1(F)F)c1ccc(I)cc1. The van der Waals surface area contributed by atoms with Crippen molar-refractivity contribution in [3.63, 3.8) is 0 Å². The summed E-state index contributed by atoms with van der Waals surface area (Å²) in [6, 6.07) is 4.69. The lowest BCUT2D eigenvalue weighted by atomic mass is 9.80. The topological polar surface area (TPSA) is 20.2 Å². The highest BCUT2D eigenvalue weighted by Gasteiger charge is 3.00. The molecule has 0 saturated heterocycles. The predicted octanol–water partition coefficient (Wildman–Crippen LogP) is 5.15. The summed E-state index contributed by atoms with van der Waals surface area (Å²) in [4.78, 5) is 0. The normalized spacial score (nSPS) is 27.7. The number of hydrogen-bond acceptors (Lipinski definition) is 1. The van der Waals surface area contributed by atoms with Crippen LogP contribution >= 0.6 is 22.6 Å². The van der Waals surface area contributed by atoms with E-state index in [-0.39, 0.29) is 5.56 Å². The van der Waals surface area contributed by atoms with E-state index >= 15 is 0 Å². The molecule has 25 heavy (non-hydrogen) atoms. The lowest BCUT2D eigenvalue weighted by Crippen LogP contribution is -2.57. The highest BCUT2D eigenvalue weighted by Crippen LogP contribution is 2.70. The summed E-state index contributed by atoms with van der Waals surface area (Å²) in [5.41, 5.74) is -8.91. The van der Waals surface area contributed by atoms with Gasteiger partial charge in [0.05, 0.1) is 5.60 Å². The van der Waals surface area contributed by atoms with Crippen LogP contribution in [-0.2, 0) is 5.60 Å². The first-order chi connectivity index (χ1) is 11.0. The van der Waals surface area contributed by atoms with E-state index in [0.29, 0.717) is 10.5 Å². The standard InChI is InChI=1S/C14H10F9IO/c1-9(25,7-2-4-8(24)5-3-7)6-10(15)11(16,17)13(20,21)14(22,23)12(10,18)19/h2-5,25H,6H2,1H3. The molecule has 11 heteroatoms. The Balaban J connectivity index is 2.58. The number of benzene rings is 1. The smallest absolute Gasteiger partial charge is 0.381 e. The molecule has 0 heterocycles. The molecule has 1 aromatic carbocycles. The lowest BCUT2D eigenvalue weighted by molar-refractivity contribution is -0.303. The minimum Gasteiger partial charge on any atom is -0.385 e. The van der Waals surface area contributed by atoms with Gasteiger partial charge in [-0.3, -0.25) is 0 Å². The van der Waals surface area contributed by atoms with E-state index in [1.807, 2.05) is 0 Å². The molecule has 1 unspecified atom stereocenters. The van der Waals surface area contributed by atoms with Crippen molar-refractivity contribution in [3.05, 3.63) is 33.4 Å². The van der Waals surface area contributed by atoms with E-state index in [1.165, 1.54) is 12.1 Å². The lowest BCUT2D eigenvalue weighted by Gasteiger charge is -2.36. The van der Waals surface area contributed by atoms with Gasteiger partial charge in [-0.05, 0) is 47.2 Å². The summed E-state index contributed by atoms with van der Waals surface area (Å²) in [6.07, 6.45) is -2.37. The predicted molar refractivity (Wildman–Crippen MR) is 77.0 cm³/mol. The second-order valence-electron chi connectivity index (χ2n) is 6.06. The van der Waals surface area contributed by atoms with Crippen LogP contribution in [0.3, 0.4) is 0 Å². The van der Waals surface area contributed by atoms with Crippen molar-refractivity contribution in [3.8, 4) is 0 Å². The maximum absolute atomic E-state index is 14.5. The van der Waals surface area contributed by atoms with Crippen LogP contribution in [-0.4, -0.2) is 34.5 Å². The van der Waals surface area contributed by atoms with Crippen LogP contribution in [0.2, 0.25) is 0 Å². The Hall–Kier alpha value is -0.720. The van der Waals surface area contributed by atoms with Crippen LogP contribution in [0.1, 0.15) is 18.9 Å². The van der Waals surface area contributed by atoms with E-state index < -0.39 is 41.4 Å². The minimum absolute atomic E-state index is 0.380. The number of alkyl halides is 9. The Kier molecular flexibility index (Phi) is 4.44. The molecule has 1 N–H and O–H groups in total. The van der Waals surface area contributed by atoms with Gasteiger partial charge < -0.3 is 5.11 Å². The maximum Gasteiger partial charge on any atom is 0.381 e. The Morgan fingerprint density at radius 1 is 0.800 bits per heavy atom. The van der Waals surface area contributed by atoms with Gasteiger partial charge in [-0.25, -0.2) is 4.39 Å². The average Bonchev–Trinajstić information content (AvgIpc) is 2.49. The van der Waals surface area contributed by atoms with Crippen LogP contribution in [0.25, 0.3) is 0 Å². The van der Waals surface area contributed by atoms with E-state index in [4.69, 9.17) is 0 Å². The van der Waals surface area contributed by atoms with Gasteiger partial charge in [-0.1, -0.05) is 12.1 Å². The van der Waals surface area contributed by atoms with Gasteiger partial charge in [0.25, 0.3) is 5.67 Å². The Morgan fingerprint density at radius 2 is 1.16 bits per heavy atom. The zero-order valence-electron chi connectivity index (χ0n) is 12.2. The van der Waals surface area contributed by atoms with Gasteiger partial charge >= 0.3 is 23.7 Å². The van der Waals surface area contributed by atoms with Crippen LogP contribution in [0.5, 0.6) is 0 Å². The first-order valence-corrected chi connectivity index (χ1v) is 7.72. The fourth-order valence-electron chi connectivity index (χ4n) is 2.70. The molecular formula is C14H10F9IO. The summed E-state index contributed by atoms with van der Waals surface area (Å²) in [6.45, 7) is 0.595. The molecule has 0 spiro atoms. The highest BCUT2D eigenvalue weighted by atomic mass is 127. The average molecular weight is 492 g/mol. The molecule has 0 amide bonds. The first kappa shape index (κ1) is 20.6. The van der Waals surface area contributed by atoms with Crippen molar-refractivity contribution in [1.29, 1.82) is 0 Å². The Morgan fingerprint density at radius 3 is 1.52 bits per heavy atom. The second-order valence-corrected chi connectivity index (χ2v) is 7.30. The monoisotopic (exact) mass is 492 g/mol. The van der Waals surface area contributed by atoms with Gasteiger partial charge in [-0.15, -0.1) is 0 Å². The molecular weight excluding hydrogens is 482 g/mol. The Bertz CT molecular complexity index is 643. The highest BCUT2D eigenvalue weighted by molar-refractivity contribution is 14.1. The molecule has 0 radical (unpaired) electrons. The Labute approximate surface area is 149 Å². The van der Waals surface area contributed by atoms with E-state index in [9.17, 15) is 44.6 Å². The molecule has 1 aromatic rings. The molecule has 0 aliphatic heterocycles. The van der Waals surface area contributed by atoms with Crippen molar-refractivity contribution in [2.75, 3.05) is 0 Å². The van der Waals surface area contributed by atoms with E-state index in [2.05, 4.69) is 0 Å². The van der Waals surface area contributed by atoms with Crippen LogP contribution in [0.15, 0.2) is 24.3 Å². The summed E-state index contributed by atoms with van der Waals surface area (Å²) in [5.74, 6) is -26.1. The van der Waals surface area contributed by atoms with Gasteiger partial charge in [0.1, 0.15) is 0 Å². The summed E-state index contributed by atoms with van der Waals surface area (Å²) in [5, 5.41) is 10.1. The molecule has 1 nitrogen and oxygen atoms in total. The molecule has 0 bridgehead atoms. The molecule has 1 saturated carbocycles. The molecule has 1 aliphatic carbocycles. The first-order valence-electron chi connectivity index (χ1n) is 6.64. The van der Waals surface area contributed by atoms with E-state index in [1.54, 1.807) is 22.6 Å². The van der Waals surface area contributed by atoms with Crippen molar-refractivity contribution in [2.45, 2.75) is 48.3 Å². The largest absolute Gasteiger partial charge is 0.385 e. The van der Waals surface area contributed by atoms with Crippen molar-refractivity contribution in [1.82, 2.24) is 0 Å². The zero-order valence-corrected chi connectivity index (χ0v) is 14.4. The third kappa shape index (κ3) is 2.40. The molecule has 1 atom stereocenters. The summed E-state index contributed by atoms with van der Waals surface area (Å²) < 4.78 is 123. The minimum atomic E-state index is -6.64. The van der Waals surface area contributed by atoms with Gasteiger partial charge in [0, 0.05) is 9.99 Å². The van der Waals surface area contributed by atoms with E-state index in [0.717, 1.165) is 12.1 Å². The third-order valence-electron chi connectivity index (χ3n) is 4.23. The van der Waals surface area contributed by atoms with Crippen LogP contribution in [0.4, 0.5) is 39.5 Å². The summed E-state index contributed by atoms with van der Waals surface area (Å²) in [7, 11) is 0. The van der Waals surface area contributed by atoms with Gasteiger partial charge in [0.2, 0.25) is 0 Å². The fraction of sp³-hybridized carbons (Fsp3) is 0.571. The second kappa shape index (κ2) is 5.40. The molecule has 1 fully saturated rings. The third-order valence-corrected chi connectivity index (χ3v) is 4.95. The van der Waals surface area contributed by atoms with Crippen molar-refractivity contribution >= 4 is 22.6 Å². The molecule has 1 aliphatic rings.